The van der Waals surface area contributed by atoms with E-state index >= 15 is 0 Å². The summed E-state index contributed by atoms with van der Waals surface area (Å²) >= 11 is 0. The summed E-state index contributed by atoms with van der Waals surface area (Å²) in [7, 11) is 1.45. The Morgan fingerprint density at radius 1 is 1.31 bits per heavy atom. The Morgan fingerprint density at radius 2 is 2.08 bits per heavy atom. The van der Waals surface area contributed by atoms with E-state index in [1.54, 1.807) is 0 Å². The summed E-state index contributed by atoms with van der Waals surface area (Å²) in [5, 5.41) is 0. The minimum atomic E-state index is -0.172. The van der Waals surface area contributed by atoms with Crippen LogP contribution >= 0.6 is 0 Å². The van der Waals surface area contributed by atoms with Gasteiger partial charge in [-0.1, -0.05) is 19.8 Å². The molecule has 1 fully saturated rings. The Labute approximate surface area is 80.1 Å². The van der Waals surface area contributed by atoms with Gasteiger partial charge in [0, 0.05) is 13.1 Å². The van der Waals surface area contributed by atoms with E-state index in [-0.39, 0.29) is 6.09 Å². The molecule has 1 amide bonds. The molecule has 0 aromatic heterocycles. The van der Waals surface area contributed by atoms with Crippen LogP contribution in [-0.4, -0.2) is 31.2 Å². The van der Waals surface area contributed by atoms with Crippen LogP contribution in [0.4, 0.5) is 4.79 Å². The van der Waals surface area contributed by atoms with E-state index < -0.39 is 0 Å². The highest BCUT2D eigenvalue weighted by atomic mass is 16.5. The number of methoxy groups -OCH3 is 1. The van der Waals surface area contributed by atoms with Gasteiger partial charge >= 0.3 is 6.09 Å². The zero-order valence-electron chi connectivity index (χ0n) is 8.58. The molecule has 1 aliphatic rings. The van der Waals surface area contributed by atoms with Crippen LogP contribution in [0.3, 0.4) is 0 Å². The highest BCUT2D eigenvalue weighted by molar-refractivity contribution is 5.67. The Morgan fingerprint density at radius 3 is 2.77 bits per heavy atom. The number of nitrogens with zero attached hydrogens (tertiary/aromatic N) is 1. The topological polar surface area (TPSA) is 29.5 Å². The Hall–Kier alpha value is -0.730. The van der Waals surface area contributed by atoms with Crippen LogP contribution < -0.4 is 0 Å². The average molecular weight is 185 g/mol. The molecular formula is C10H19NO2. The van der Waals surface area contributed by atoms with Crippen molar-refractivity contribution >= 4 is 6.09 Å². The first-order valence-electron chi connectivity index (χ1n) is 5.07. The lowest BCUT2D eigenvalue weighted by molar-refractivity contribution is 0.117. The molecule has 1 unspecified atom stereocenters. The number of hydrogen-bond acceptors (Lipinski definition) is 2. The third-order valence-corrected chi connectivity index (χ3v) is 2.70. The van der Waals surface area contributed by atoms with Crippen molar-refractivity contribution in [1.82, 2.24) is 4.90 Å². The van der Waals surface area contributed by atoms with Gasteiger partial charge in [0.2, 0.25) is 0 Å². The minimum absolute atomic E-state index is 0.172. The molecule has 13 heavy (non-hydrogen) atoms. The molecule has 0 spiro atoms. The summed E-state index contributed by atoms with van der Waals surface area (Å²) in [4.78, 5) is 13.1. The Bertz CT molecular complexity index is 170. The fraction of sp³-hybridized carbons (Fsp3) is 0.900. The molecule has 0 aromatic carbocycles. The molecule has 1 aliphatic heterocycles. The van der Waals surface area contributed by atoms with Crippen LogP contribution in [0.1, 0.15) is 32.6 Å². The molecule has 1 heterocycles. The monoisotopic (exact) mass is 185 g/mol. The lowest BCUT2D eigenvalue weighted by Gasteiger charge is -2.25. The van der Waals surface area contributed by atoms with Gasteiger partial charge in [0.05, 0.1) is 7.11 Å². The van der Waals surface area contributed by atoms with Gasteiger partial charge in [0.1, 0.15) is 0 Å². The van der Waals surface area contributed by atoms with Crippen molar-refractivity contribution in [2.45, 2.75) is 32.6 Å². The maximum Gasteiger partial charge on any atom is 0.409 e. The van der Waals surface area contributed by atoms with Gasteiger partial charge in [0.25, 0.3) is 0 Å². The molecule has 0 N–H and O–H groups in total. The summed E-state index contributed by atoms with van der Waals surface area (Å²) in [6.07, 6.45) is 4.58. The lowest BCUT2D eigenvalue weighted by atomic mass is 9.98. The third-order valence-electron chi connectivity index (χ3n) is 2.70. The molecule has 0 radical (unpaired) electrons. The molecule has 0 aliphatic carbocycles. The Kier molecular flexibility index (Phi) is 4.06. The first-order chi connectivity index (χ1) is 6.24. The highest BCUT2D eigenvalue weighted by Crippen LogP contribution is 2.16. The average Bonchev–Trinajstić information content (AvgIpc) is 2.11. The van der Waals surface area contributed by atoms with Crippen molar-refractivity contribution < 1.29 is 9.53 Å². The van der Waals surface area contributed by atoms with E-state index in [0.29, 0.717) is 0 Å². The maximum atomic E-state index is 11.2. The van der Waals surface area contributed by atoms with Gasteiger partial charge in [-0.25, -0.2) is 4.79 Å². The summed E-state index contributed by atoms with van der Waals surface area (Å²) in [5.41, 5.74) is 0. The number of likely N-dealkylation sites (tertiary alicyclic amines) is 1. The summed E-state index contributed by atoms with van der Waals surface area (Å²) in [6, 6.07) is 0. The molecule has 3 nitrogen and oxygen atoms in total. The Balaban J connectivity index is 2.40. The van der Waals surface area contributed by atoms with Crippen LogP contribution in [-0.2, 0) is 4.74 Å². The van der Waals surface area contributed by atoms with Gasteiger partial charge < -0.3 is 9.64 Å². The van der Waals surface area contributed by atoms with Crippen LogP contribution in [0, 0.1) is 5.92 Å². The van der Waals surface area contributed by atoms with E-state index in [1.807, 2.05) is 4.90 Å². The predicted molar refractivity (Wildman–Crippen MR) is 51.6 cm³/mol. The van der Waals surface area contributed by atoms with Crippen molar-refractivity contribution in [3.05, 3.63) is 0 Å². The zero-order chi connectivity index (χ0) is 9.68. The van der Waals surface area contributed by atoms with Gasteiger partial charge in [-0.15, -0.1) is 0 Å². The van der Waals surface area contributed by atoms with Gasteiger partial charge in [-0.3, -0.25) is 0 Å². The molecule has 3 heteroatoms. The number of carbonyl (C=O) groups is 1. The predicted octanol–water partition coefficient (Wildman–Crippen LogP) is 2.26. The van der Waals surface area contributed by atoms with Crippen molar-refractivity contribution in [2.24, 2.45) is 5.92 Å². The van der Waals surface area contributed by atoms with E-state index in [2.05, 4.69) is 6.92 Å². The van der Waals surface area contributed by atoms with E-state index in [9.17, 15) is 4.79 Å². The molecular weight excluding hydrogens is 166 g/mol. The van der Waals surface area contributed by atoms with Crippen LogP contribution in [0.25, 0.3) is 0 Å². The van der Waals surface area contributed by atoms with Gasteiger partial charge in [-0.05, 0) is 18.8 Å². The zero-order valence-corrected chi connectivity index (χ0v) is 8.58. The molecule has 0 bridgehead atoms. The van der Waals surface area contributed by atoms with Gasteiger partial charge in [-0.2, -0.15) is 0 Å². The smallest absolute Gasteiger partial charge is 0.409 e. The summed E-state index contributed by atoms with van der Waals surface area (Å²) in [5.74, 6) is 0.743. The SMILES string of the molecule is COC(=O)N1CCCCC(C)CC1. The molecule has 1 rings (SSSR count). The van der Waals surface area contributed by atoms with Gasteiger partial charge in [0.15, 0.2) is 0 Å². The molecule has 0 saturated carbocycles. The highest BCUT2D eigenvalue weighted by Gasteiger charge is 2.16. The van der Waals surface area contributed by atoms with Crippen molar-refractivity contribution in [1.29, 1.82) is 0 Å². The fourth-order valence-electron chi connectivity index (χ4n) is 1.74. The first kappa shape index (κ1) is 10.4. The number of hydrogen-bond donors (Lipinski definition) is 0. The van der Waals surface area contributed by atoms with E-state index in [4.69, 9.17) is 4.74 Å². The number of rotatable bonds is 0. The maximum absolute atomic E-state index is 11.2. The first-order valence-corrected chi connectivity index (χ1v) is 5.07. The minimum Gasteiger partial charge on any atom is -0.453 e. The number of carbonyl (C=O) groups excluding carboxylic acids is 1. The second-order valence-corrected chi connectivity index (χ2v) is 3.85. The fourth-order valence-corrected chi connectivity index (χ4v) is 1.74. The van der Waals surface area contributed by atoms with Crippen molar-refractivity contribution in [3.8, 4) is 0 Å². The third kappa shape index (κ3) is 3.25. The van der Waals surface area contributed by atoms with Crippen molar-refractivity contribution in [3.63, 3.8) is 0 Å². The van der Waals surface area contributed by atoms with Crippen LogP contribution in [0.2, 0.25) is 0 Å². The summed E-state index contributed by atoms with van der Waals surface area (Å²) < 4.78 is 4.71. The summed E-state index contributed by atoms with van der Waals surface area (Å²) in [6.45, 7) is 3.97. The second kappa shape index (κ2) is 5.10. The number of amides is 1. The quantitative estimate of drug-likeness (QED) is 0.579. The second-order valence-electron chi connectivity index (χ2n) is 3.85. The normalized spacial score (nSPS) is 24.8. The molecule has 0 aromatic rings. The lowest BCUT2D eigenvalue weighted by Crippen LogP contribution is -2.34. The van der Waals surface area contributed by atoms with E-state index in [0.717, 1.165) is 31.8 Å². The van der Waals surface area contributed by atoms with Crippen LogP contribution in [0.5, 0.6) is 0 Å². The molecule has 1 atom stereocenters. The number of ether oxygens (including phenoxy) is 1. The molecule has 76 valence electrons. The largest absolute Gasteiger partial charge is 0.453 e. The van der Waals surface area contributed by atoms with Crippen molar-refractivity contribution in [2.75, 3.05) is 20.2 Å². The molecule has 1 saturated heterocycles. The van der Waals surface area contributed by atoms with E-state index in [1.165, 1.54) is 20.0 Å². The van der Waals surface area contributed by atoms with Crippen LogP contribution in [0.15, 0.2) is 0 Å². The standard InChI is InChI=1S/C10H19NO2/c1-9-5-3-4-7-11(8-6-9)10(12)13-2/h9H,3-8H2,1-2H3.